The lowest BCUT2D eigenvalue weighted by atomic mass is 10.0. The topological polar surface area (TPSA) is 88.4 Å². The van der Waals surface area contributed by atoms with Crippen LogP contribution in [-0.2, 0) is 9.84 Å². The second-order valence-corrected chi connectivity index (χ2v) is 13.1. The fourth-order valence-electron chi connectivity index (χ4n) is 5.71. The Morgan fingerprint density at radius 3 is 2.44 bits per heavy atom. The van der Waals surface area contributed by atoms with Crippen LogP contribution in [0.2, 0.25) is 5.02 Å². The van der Waals surface area contributed by atoms with Crippen LogP contribution in [0.5, 0.6) is 0 Å². The van der Waals surface area contributed by atoms with Gasteiger partial charge in [-0.25, -0.2) is 18.1 Å². The number of carbonyl (C=O) groups is 1. The lowest BCUT2D eigenvalue weighted by Gasteiger charge is -2.37. The van der Waals surface area contributed by atoms with E-state index in [1.807, 2.05) is 66.4 Å². The summed E-state index contributed by atoms with van der Waals surface area (Å²) in [5, 5.41) is 6.12. The number of aromatic nitrogens is 3. The summed E-state index contributed by atoms with van der Waals surface area (Å²) in [5.74, 6) is 0.108. The zero-order valence-corrected chi connectivity index (χ0v) is 23.5. The number of pyridine rings is 1. The minimum Gasteiger partial charge on any atom is -0.368 e. The van der Waals surface area contributed by atoms with Gasteiger partial charge >= 0.3 is 0 Å². The van der Waals surface area contributed by atoms with E-state index < -0.39 is 9.84 Å². The number of amides is 1. The summed E-state index contributed by atoms with van der Waals surface area (Å²) in [7, 11) is -3.12. The van der Waals surface area contributed by atoms with Gasteiger partial charge in [0.2, 0.25) is 0 Å². The minimum atomic E-state index is -3.12. The van der Waals surface area contributed by atoms with E-state index in [-0.39, 0.29) is 23.5 Å². The number of benzene rings is 2. The van der Waals surface area contributed by atoms with Crippen molar-refractivity contribution in [3.8, 4) is 11.3 Å². The molecule has 1 atom stereocenters. The van der Waals surface area contributed by atoms with Gasteiger partial charge in [-0.3, -0.25) is 4.79 Å². The Bertz CT molecular complexity index is 1680. The Balaban J connectivity index is 1.37. The molecular weight excluding hydrogens is 534 g/mol. The summed E-state index contributed by atoms with van der Waals surface area (Å²) in [6.07, 6.45) is 0.490. The Morgan fingerprint density at radius 2 is 1.74 bits per heavy atom. The van der Waals surface area contributed by atoms with E-state index in [2.05, 4.69) is 11.8 Å². The normalized spacial score (nSPS) is 19.1. The Labute approximate surface area is 233 Å². The third-order valence-electron chi connectivity index (χ3n) is 7.77. The number of hydrogen-bond donors (Lipinski definition) is 0. The number of anilines is 1. The fraction of sp³-hybridized carbons (Fsp3) is 0.345. The number of fused-ring (bicyclic) bond motifs is 1. The number of nitrogens with zero attached hydrogens (tertiary/aromatic N) is 5. The van der Waals surface area contributed by atoms with Crippen LogP contribution >= 0.6 is 11.6 Å². The van der Waals surface area contributed by atoms with E-state index in [1.54, 1.807) is 4.68 Å². The number of piperazine rings is 1. The van der Waals surface area contributed by atoms with Gasteiger partial charge in [0.05, 0.1) is 39.9 Å². The first-order chi connectivity index (χ1) is 18.7. The van der Waals surface area contributed by atoms with E-state index in [1.165, 1.54) is 0 Å². The van der Waals surface area contributed by atoms with Crippen molar-refractivity contribution in [2.75, 3.05) is 42.6 Å². The summed E-state index contributed by atoms with van der Waals surface area (Å²) < 4.78 is 26.3. The smallest absolute Gasteiger partial charge is 0.254 e. The molecule has 0 aliphatic carbocycles. The van der Waals surface area contributed by atoms with Crippen LogP contribution in [0.4, 0.5) is 5.69 Å². The van der Waals surface area contributed by atoms with Gasteiger partial charge in [0.25, 0.3) is 5.91 Å². The predicted molar refractivity (Wildman–Crippen MR) is 154 cm³/mol. The van der Waals surface area contributed by atoms with E-state index in [0.29, 0.717) is 65.6 Å². The highest BCUT2D eigenvalue weighted by Gasteiger charge is 2.33. The lowest BCUT2D eigenvalue weighted by Crippen LogP contribution is -2.49. The van der Waals surface area contributed by atoms with Crippen LogP contribution in [0.15, 0.2) is 54.6 Å². The quantitative estimate of drug-likeness (QED) is 0.358. The van der Waals surface area contributed by atoms with Gasteiger partial charge in [0, 0.05) is 42.5 Å². The van der Waals surface area contributed by atoms with Gasteiger partial charge in [0.1, 0.15) is 0 Å². The largest absolute Gasteiger partial charge is 0.368 e. The maximum absolute atomic E-state index is 14.1. The monoisotopic (exact) mass is 563 g/mol. The van der Waals surface area contributed by atoms with Crippen molar-refractivity contribution in [3.05, 3.63) is 76.4 Å². The van der Waals surface area contributed by atoms with Gasteiger partial charge in [-0.1, -0.05) is 48.0 Å². The van der Waals surface area contributed by atoms with Crippen LogP contribution < -0.4 is 4.90 Å². The van der Waals surface area contributed by atoms with Crippen molar-refractivity contribution >= 4 is 44.1 Å². The molecule has 4 aromatic rings. The van der Waals surface area contributed by atoms with Gasteiger partial charge in [-0.15, -0.1) is 0 Å². The number of sulfone groups is 1. The van der Waals surface area contributed by atoms with Crippen molar-refractivity contribution in [3.63, 3.8) is 0 Å². The first kappa shape index (κ1) is 25.8. The first-order valence-electron chi connectivity index (χ1n) is 13.2. The van der Waals surface area contributed by atoms with Crippen molar-refractivity contribution in [1.29, 1.82) is 0 Å². The SMILES string of the molecule is Cc1ccc(Cl)cc1N1CCN(C(=O)c2cc(-c3ccccc3)nc3c2c(C)nn3C2CCS(=O)(=O)C2)CC1. The molecule has 8 nitrogen and oxygen atoms in total. The summed E-state index contributed by atoms with van der Waals surface area (Å²) >= 11 is 6.26. The third-order valence-corrected chi connectivity index (χ3v) is 9.76. The zero-order valence-electron chi connectivity index (χ0n) is 22.0. The molecule has 0 bridgehead atoms. The zero-order chi connectivity index (χ0) is 27.3. The van der Waals surface area contributed by atoms with Crippen molar-refractivity contribution in [2.45, 2.75) is 26.3 Å². The second kappa shape index (κ2) is 9.95. The molecule has 2 aromatic heterocycles. The molecule has 4 heterocycles. The first-order valence-corrected chi connectivity index (χ1v) is 15.4. The van der Waals surface area contributed by atoms with Crippen molar-refractivity contribution < 1.29 is 13.2 Å². The molecule has 10 heteroatoms. The average Bonchev–Trinajstić information content (AvgIpc) is 3.48. The molecule has 2 saturated heterocycles. The van der Waals surface area contributed by atoms with Gasteiger partial charge in [-0.2, -0.15) is 5.10 Å². The van der Waals surface area contributed by atoms with Crippen LogP contribution in [0.1, 0.15) is 34.1 Å². The van der Waals surface area contributed by atoms with E-state index in [9.17, 15) is 13.2 Å². The molecule has 2 aliphatic rings. The standard InChI is InChI=1S/C29H30ClN5O3S/c1-19-8-9-22(30)16-26(19)33-11-13-34(14-12-33)29(36)24-17-25(21-6-4-3-5-7-21)31-28-27(24)20(2)32-35(28)23-10-15-39(37,38)18-23/h3-9,16-17,23H,10-15,18H2,1-2H3. The highest BCUT2D eigenvalue weighted by atomic mass is 35.5. The summed E-state index contributed by atoms with van der Waals surface area (Å²) in [6.45, 7) is 6.48. The van der Waals surface area contributed by atoms with Crippen LogP contribution in [-0.4, -0.2) is 71.7 Å². The van der Waals surface area contributed by atoms with Gasteiger partial charge in [-0.05, 0) is 44.0 Å². The van der Waals surface area contributed by atoms with Crippen LogP contribution in [0.25, 0.3) is 22.3 Å². The number of rotatable bonds is 4. The molecule has 1 amide bonds. The maximum Gasteiger partial charge on any atom is 0.254 e. The Kier molecular flexibility index (Phi) is 6.59. The molecule has 0 radical (unpaired) electrons. The number of aryl methyl sites for hydroxylation is 2. The lowest BCUT2D eigenvalue weighted by molar-refractivity contribution is 0.0748. The molecule has 2 aliphatic heterocycles. The Hall–Kier alpha value is -3.43. The average molecular weight is 564 g/mol. The molecule has 2 aromatic carbocycles. The highest BCUT2D eigenvalue weighted by molar-refractivity contribution is 7.91. The summed E-state index contributed by atoms with van der Waals surface area (Å²) in [6, 6.07) is 17.2. The molecular formula is C29H30ClN5O3S. The number of carbonyl (C=O) groups excluding carboxylic acids is 1. The number of halogens is 1. The minimum absolute atomic E-state index is 0.0363. The van der Waals surface area contributed by atoms with Gasteiger partial charge < -0.3 is 9.80 Å². The fourth-order valence-corrected chi connectivity index (χ4v) is 7.56. The molecule has 0 N–H and O–H groups in total. The summed E-state index contributed by atoms with van der Waals surface area (Å²) in [4.78, 5) is 23.2. The van der Waals surface area contributed by atoms with Crippen LogP contribution in [0, 0.1) is 13.8 Å². The molecule has 2 fully saturated rings. The maximum atomic E-state index is 14.1. The Morgan fingerprint density at radius 1 is 1.00 bits per heavy atom. The number of hydrogen-bond acceptors (Lipinski definition) is 6. The summed E-state index contributed by atoms with van der Waals surface area (Å²) in [5.41, 5.74) is 5.59. The van der Waals surface area contributed by atoms with E-state index in [0.717, 1.165) is 16.8 Å². The van der Waals surface area contributed by atoms with Gasteiger partial charge in [0.15, 0.2) is 15.5 Å². The molecule has 1 unspecified atom stereocenters. The molecule has 202 valence electrons. The van der Waals surface area contributed by atoms with Crippen LogP contribution in [0.3, 0.4) is 0 Å². The van der Waals surface area contributed by atoms with Crippen molar-refractivity contribution in [1.82, 2.24) is 19.7 Å². The third kappa shape index (κ3) is 4.89. The molecule has 0 saturated carbocycles. The van der Waals surface area contributed by atoms with E-state index in [4.69, 9.17) is 21.7 Å². The molecule has 6 rings (SSSR count). The van der Waals surface area contributed by atoms with Crippen molar-refractivity contribution in [2.24, 2.45) is 0 Å². The predicted octanol–water partition coefficient (Wildman–Crippen LogP) is 4.69. The molecule has 39 heavy (non-hydrogen) atoms. The van der Waals surface area contributed by atoms with E-state index >= 15 is 0 Å². The second-order valence-electron chi connectivity index (χ2n) is 10.4. The highest BCUT2D eigenvalue weighted by Crippen LogP contribution is 2.33. The molecule has 0 spiro atoms.